The third-order valence-corrected chi connectivity index (χ3v) is 3.85. The van der Waals surface area contributed by atoms with Gasteiger partial charge >= 0.3 is 5.97 Å². The van der Waals surface area contributed by atoms with Crippen LogP contribution < -0.4 is 10.1 Å². The van der Waals surface area contributed by atoms with Gasteiger partial charge in [-0.3, -0.25) is 9.59 Å². The lowest BCUT2D eigenvalue weighted by atomic mass is 10.1. The monoisotopic (exact) mass is 393 g/mol. The summed E-state index contributed by atoms with van der Waals surface area (Å²) in [5.74, 6) is -0.176. The van der Waals surface area contributed by atoms with Crippen LogP contribution in [0.5, 0.6) is 5.75 Å². The topological polar surface area (TPSA) is 94.8 Å². The second-order valence-electron chi connectivity index (χ2n) is 6.13. The molecule has 1 N–H and O–H groups in total. The highest BCUT2D eigenvalue weighted by Crippen LogP contribution is 2.15. The Balaban J connectivity index is 1.49. The molecule has 29 heavy (non-hydrogen) atoms. The van der Waals surface area contributed by atoms with E-state index in [1.54, 1.807) is 30.3 Å². The largest absolute Gasteiger partial charge is 0.486 e. The lowest BCUT2D eigenvalue weighted by Gasteiger charge is -2.05. The summed E-state index contributed by atoms with van der Waals surface area (Å²) in [6.07, 6.45) is 0. The van der Waals surface area contributed by atoms with E-state index < -0.39 is 12.6 Å². The van der Waals surface area contributed by atoms with Gasteiger partial charge in [-0.15, -0.1) is 0 Å². The number of ether oxygens (including phenoxy) is 2. The Labute approximate surface area is 167 Å². The maximum absolute atomic E-state index is 12.2. The number of rotatable bonds is 8. The molecule has 0 saturated carbocycles. The number of carbonyl (C=O) groups is 3. The van der Waals surface area contributed by atoms with Gasteiger partial charge in [0.25, 0.3) is 0 Å². The van der Waals surface area contributed by atoms with Crippen LogP contribution in [0, 0.1) is 0 Å². The smallest absolute Gasteiger partial charge is 0.374 e. The predicted molar refractivity (Wildman–Crippen MR) is 105 cm³/mol. The van der Waals surface area contributed by atoms with Crippen molar-refractivity contribution in [3.63, 3.8) is 0 Å². The summed E-state index contributed by atoms with van der Waals surface area (Å²) in [5.41, 5.74) is 0.940. The van der Waals surface area contributed by atoms with Crippen LogP contribution in [-0.4, -0.2) is 24.3 Å². The van der Waals surface area contributed by atoms with E-state index in [2.05, 4.69) is 5.32 Å². The first-order valence-corrected chi connectivity index (χ1v) is 8.86. The number of esters is 1. The number of carbonyl (C=O) groups excluding carboxylic acids is 3. The molecule has 0 radical (unpaired) electrons. The zero-order valence-electron chi connectivity index (χ0n) is 15.7. The van der Waals surface area contributed by atoms with Gasteiger partial charge in [0.05, 0.1) is 0 Å². The number of para-hydroxylation sites is 1. The number of hydrogen-bond donors (Lipinski definition) is 1. The van der Waals surface area contributed by atoms with Crippen LogP contribution in [0.4, 0.5) is 5.69 Å². The van der Waals surface area contributed by atoms with Crippen LogP contribution in [0.15, 0.2) is 71.1 Å². The maximum atomic E-state index is 12.2. The second-order valence-corrected chi connectivity index (χ2v) is 6.13. The Hall–Kier alpha value is -3.87. The van der Waals surface area contributed by atoms with Gasteiger partial charge in [0.2, 0.25) is 11.7 Å². The molecule has 7 heteroatoms. The fourth-order valence-electron chi connectivity index (χ4n) is 2.46. The van der Waals surface area contributed by atoms with Crippen molar-refractivity contribution in [1.82, 2.24) is 0 Å². The molecule has 1 aromatic heterocycles. The SMILES string of the molecule is CC(=O)Nc1ccc(C(=O)COC(=O)c2ccc(COc3ccccc3)o2)cc1. The Bertz CT molecular complexity index is 992. The van der Waals surface area contributed by atoms with Crippen LogP contribution in [0.25, 0.3) is 0 Å². The Morgan fingerprint density at radius 2 is 1.66 bits per heavy atom. The Morgan fingerprint density at radius 3 is 2.34 bits per heavy atom. The summed E-state index contributed by atoms with van der Waals surface area (Å²) in [6, 6.07) is 18.6. The third-order valence-electron chi connectivity index (χ3n) is 3.85. The van der Waals surface area contributed by atoms with E-state index in [0.29, 0.717) is 22.8 Å². The van der Waals surface area contributed by atoms with Gasteiger partial charge in [0.1, 0.15) is 18.1 Å². The molecule has 0 aliphatic rings. The summed E-state index contributed by atoms with van der Waals surface area (Å²) in [6.45, 7) is 1.14. The van der Waals surface area contributed by atoms with Crippen molar-refractivity contribution >= 4 is 23.3 Å². The van der Waals surface area contributed by atoms with Crippen molar-refractivity contribution in [3.05, 3.63) is 83.8 Å². The van der Waals surface area contributed by atoms with E-state index >= 15 is 0 Å². The fraction of sp³-hybridized carbons (Fsp3) is 0.136. The molecular formula is C22H19NO6. The van der Waals surface area contributed by atoms with Crippen molar-refractivity contribution < 1.29 is 28.3 Å². The average molecular weight is 393 g/mol. The third kappa shape index (κ3) is 5.80. The van der Waals surface area contributed by atoms with Gasteiger partial charge in [-0.05, 0) is 48.5 Å². The first-order chi connectivity index (χ1) is 14.0. The number of Topliss-reactive ketones (excluding diaryl/α,β-unsaturated/α-hetero) is 1. The van der Waals surface area contributed by atoms with Gasteiger partial charge < -0.3 is 19.2 Å². The normalized spacial score (nSPS) is 10.2. The molecule has 0 atom stereocenters. The highest BCUT2D eigenvalue weighted by molar-refractivity contribution is 5.99. The standard InChI is InChI=1S/C22H19NO6/c1-15(24)23-17-9-7-16(8-10-17)20(25)14-28-22(26)21-12-11-19(29-21)13-27-18-5-3-2-4-6-18/h2-12H,13-14H2,1H3,(H,23,24). The average Bonchev–Trinajstić information content (AvgIpc) is 3.20. The van der Waals surface area contributed by atoms with Crippen molar-refractivity contribution in [2.24, 2.45) is 0 Å². The number of nitrogens with one attached hydrogen (secondary N) is 1. The molecule has 1 heterocycles. The van der Waals surface area contributed by atoms with Crippen molar-refractivity contribution in [1.29, 1.82) is 0 Å². The molecule has 7 nitrogen and oxygen atoms in total. The van der Waals surface area contributed by atoms with Crippen molar-refractivity contribution in [3.8, 4) is 5.75 Å². The molecule has 0 bridgehead atoms. The molecule has 148 valence electrons. The lowest BCUT2D eigenvalue weighted by molar-refractivity contribution is -0.114. The number of amides is 1. The highest BCUT2D eigenvalue weighted by Gasteiger charge is 2.16. The van der Waals surface area contributed by atoms with E-state index in [4.69, 9.17) is 13.9 Å². The lowest BCUT2D eigenvalue weighted by Crippen LogP contribution is -2.14. The molecule has 0 spiro atoms. The van der Waals surface area contributed by atoms with Crippen molar-refractivity contribution in [2.45, 2.75) is 13.5 Å². The van der Waals surface area contributed by atoms with Gasteiger partial charge in [-0.2, -0.15) is 0 Å². The van der Waals surface area contributed by atoms with Crippen LogP contribution in [0.2, 0.25) is 0 Å². The summed E-state index contributed by atoms with van der Waals surface area (Å²) in [4.78, 5) is 35.3. The quantitative estimate of drug-likeness (QED) is 0.461. The molecule has 0 fully saturated rings. The van der Waals surface area contributed by atoms with E-state index in [9.17, 15) is 14.4 Å². The van der Waals surface area contributed by atoms with Crippen molar-refractivity contribution in [2.75, 3.05) is 11.9 Å². The van der Waals surface area contributed by atoms with Crippen LogP contribution in [-0.2, 0) is 16.1 Å². The zero-order chi connectivity index (χ0) is 20.6. The molecule has 0 saturated heterocycles. The summed E-state index contributed by atoms with van der Waals surface area (Å²) >= 11 is 0. The summed E-state index contributed by atoms with van der Waals surface area (Å²) in [5, 5.41) is 2.61. The summed E-state index contributed by atoms with van der Waals surface area (Å²) < 4.78 is 16.0. The molecule has 0 aliphatic heterocycles. The number of ketones is 1. The van der Waals surface area contributed by atoms with E-state index in [-0.39, 0.29) is 24.1 Å². The predicted octanol–water partition coefficient (Wildman–Crippen LogP) is 3.86. The second kappa shape index (κ2) is 9.36. The molecule has 1 amide bonds. The first kappa shape index (κ1) is 19.9. The minimum Gasteiger partial charge on any atom is -0.486 e. The highest BCUT2D eigenvalue weighted by atomic mass is 16.5. The summed E-state index contributed by atoms with van der Waals surface area (Å²) in [7, 11) is 0. The van der Waals surface area contributed by atoms with E-state index in [1.807, 2.05) is 30.3 Å². The van der Waals surface area contributed by atoms with Crippen LogP contribution in [0.3, 0.4) is 0 Å². The van der Waals surface area contributed by atoms with Crippen LogP contribution >= 0.6 is 0 Å². The van der Waals surface area contributed by atoms with E-state index in [1.165, 1.54) is 13.0 Å². The van der Waals surface area contributed by atoms with Gasteiger partial charge in [0, 0.05) is 18.2 Å². The van der Waals surface area contributed by atoms with Gasteiger partial charge in [-0.1, -0.05) is 18.2 Å². The molecule has 3 rings (SSSR count). The molecule has 0 unspecified atom stereocenters. The maximum Gasteiger partial charge on any atom is 0.374 e. The minimum absolute atomic E-state index is 0.00883. The molecule has 0 aliphatic carbocycles. The van der Waals surface area contributed by atoms with E-state index in [0.717, 1.165) is 0 Å². The van der Waals surface area contributed by atoms with Crippen LogP contribution in [0.1, 0.15) is 33.6 Å². The molecule has 3 aromatic rings. The molecule has 2 aromatic carbocycles. The number of anilines is 1. The number of benzene rings is 2. The number of hydrogen-bond acceptors (Lipinski definition) is 6. The first-order valence-electron chi connectivity index (χ1n) is 8.86. The zero-order valence-corrected chi connectivity index (χ0v) is 15.7. The van der Waals surface area contributed by atoms with Gasteiger partial charge in [-0.25, -0.2) is 4.79 Å². The Kier molecular flexibility index (Phi) is 6.42. The Morgan fingerprint density at radius 1 is 0.931 bits per heavy atom. The fourth-order valence-corrected chi connectivity index (χ4v) is 2.46. The molecular weight excluding hydrogens is 374 g/mol. The van der Waals surface area contributed by atoms with Gasteiger partial charge in [0.15, 0.2) is 12.4 Å². The number of furan rings is 1. The minimum atomic E-state index is -0.737.